The number of nitrogen functional groups attached to an aromatic ring is 1. The first-order valence-electron chi connectivity index (χ1n) is 12.4. The molecule has 0 atom stereocenters. The Morgan fingerprint density at radius 2 is 1.51 bits per heavy atom. The number of carbonyl (C=O) groups excluding carboxylic acids is 2. The SMILES string of the molecule is Nc1ccccc1NC(=O)c1ccc(OCCNC(=O)c2cc3cc(COc4ccccc4)ccc3o2)cc1. The van der Waals surface area contributed by atoms with E-state index in [9.17, 15) is 9.59 Å². The number of nitrogens with one attached hydrogen (secondary N) is 2. The molecule has 2 amide bonds. The number of rotatable bonds is 10. The van der Waals surface area contributed by atoms with Gasteiger partial charge in [0, 0.05) is 10.9 Å². The molecule has 4 N–H and O–H groups in total. The standard InChI is InChI=1S/C31H27N3O5/c32-26-8-4-5-9-27(26)34-30(35)22-11-13-25(14-12-22)37-17-16-33-31(36)29-19-23-18-21(10-15-28(23)39-29)20-38-24-6-2-1-3-7-24/h1-15,18-19H,16-17,20,32H2,(H,33,36)(H,34,35). The Morgan fingerprint density at radius 1 is 0.769 bits per heavy atom. The Balaban J connectivity index is 1.08. The Kier molecular flexibility index (Phi) is 7.73. The first-order chi connectivity index (χ1) is 19.0. The second-order valence-corrected chi connectivity index (χ2v) is 8.75. The minimum absolute atomic E-state index is 0.223. The average Bonchev–Trinajstić information content (AvgIpc) is 3.40. The quantitative estimate of drug-likeness (QED) is 0.161. The number of anilines is 2. The van der Waals surface area contributed by atoms with Crippen LogP contribution in [0, 0.1) is 0 Å². The highest BCUT2D eigenvalue weighted by molar-refractivity contribution is 6.05. The smallest absolute Gasteiger partial charge is 0.287 e. The normalized spacial score (nSPS) is 10.7. The second kappa shape index (κ2) is 11.9. The first kappa shape index (κ1) is 25.4. The van der Waals surface area contributed by atoms with Crippen molar-refractivity contribution in [1.82, 2.24) is 5.32 Å². The van der Waals surface area contributed by atoms with Gasteiger partial charge in [-0.15, -0.1) is 0 Å². The molecular weight excluding hydrogens is 494 g/mol. The maximum Gasteiger partial charge on any atom is 0.287 e. The third kappa shape index (κ3) is 6.56. The van der Waals surface area contributed by atoms with Crippen molar-refractivity contribution in [2.45, 2.75) is 6.61 Å². The van der Waals surface area contributed by atoms with E-state index in [0.717, 1.165) is 16.7 Å². The lowest BCUT2D eigenvalue weighted by Gasteiger charge is -2.09. The van der Waals surface area contributed by atoms with Gasteiger partial charge in [0.1, 0.15) is 30.3 Å². The molecule has 0 fully saturated rings. The summed E-state index contributed by atoms with van der Waals surface area (Å²) in [6.07, 6.45) is 0. The molecule has 0 saturated carbocycles. The van der Waals surface area contributed by atoms with Crippen molar-refractivity contribution in [3.05, 3.63) is 120 Å². The number of amides is 2. The van der Waals surface area contributed by atoms with Crippen LogP contribution in [0.1, 0.15) is 26.5 Å². The summed E-state index contributed by atoms with van der Waals surface area (Å²) in [6, 6.07) is 30.8. The number of hydrogen-bond acceptors (Lipinski definition) is 6. The molecule has 0 unspecified atom stereocenters. The van der Waals surface area contributed by atoms with Crippen molar-refractivity contribution in [3.8, 4) is 11.5 Å². The van der Waals surface area contributed by atoms with Crippen LogP contribution in [-0.2, 0) is 6.61 Å². The summed E-state index contributed by atoms with van der Waals surface area (Å²) in [5.41, 5.74) is 8.99. The molecule has 196 valence electrons. The number of benzene rings is 4. The van der Waals surface area contributed by atoms with Crippen LogP contribution in [0.15, 0.2) is 108 Å². The molecule has 5 rings (SSSR count). The van der Waals surface area contributed by atoms with Crippen LogP contribution < -0.4 is 25.8 Å². The van der Waals surface area contributed by atoms with Gasteiger partial charge < -0.3 is 30.3 Å². The van der Waals surface area contributed by atoms with E-state index in [2.05, 4.69) is 10.6 Å². The summed E-state index contributed by atoms with van der Waals surface area (Å²) in [5, 5.41) is 6.40. The van der Waals surface area contributed by atoms with E-state index in [1.165, 1.54) is 0 Å². The molecule has 1 aromatic heterocycles. The number of fused-ring (bicyclic) bond motifs is 1. The number of nitrogens with two attached hydrogens (primary N) is 1. The molecule has 1 heterocycles. The highest BCUT2D eigenvalue weighted by Crippen LogP contribution is 2.22. The first-order valence-corrected chi connectivity index (χ1v) is 12.4. The van der Waals surface area contributed by atoms with Crippen LogP contribution in [0.2, 0.25) is 0 Å². The summed E-state index contributed by atoms with van der Waals surface area (Å²) in [5.74, 6) is 0.995. The zero-order valence-corrected chi connectivity index (χ0v) is 21.1. The second-order valence-electron chi connectivity index (χ2n) is 8.75. The van der Waals surface area contributed by atoms with Crippen molar-refractivity contribution in [1.29, 1.82) is 0 Å². The lowest BCUT2D eigenvalue weighted by Crippen LogP contribution is -2.27. The molecule has 0 aliphatic rings. The predicted octanol–water partition coefficient (Wildman–Crippen LogP) is 5.66. The lowest BCUT2D eigenvalue weighted by molar-refractivity contribution is 0.0920. The third-order valence-corrected chi connectivity index (χ3v) is 5.94. The summed E-state index contributed by atoms with van der Waals surface area (Å²) >= 11 is 0. The van der Waals surface area contributed by atoms with Crippen LogP contribution in [0.25, 0.3) is 11.0 Å². The van der Waals surface area contributed by atoms with E-state index < -0.39 is 0 Å². The Morgan fingerprint density at radius 3 is 2.31 bits per heavy atom. The maximum atomic E-state index is 12.6. The van der Waals surface area contributed by atoms with Gasteiger partial charge in [-0.25, -0.2) is 0 Å². The molecule has 0 saturated heterocycles. The van der Waals surface area contributed by atoms with E-state index in [1.807, 2.05) is 48.5 Å². The molecule has 39 heavy (non-hydrogen) atoms. The largest absolute Gasteiger partial charge is 0.492 e. The number of ether oxygens (including phenoxy) is 2. The van der Waals surface area contributed by atoms with Gasteiger partial charge in [0.05, 0.1) is 17.9 Å². The Bertz CT molecular complexity index is 1580. The fourth-order valence-electron chi connectivity index (χ4n) is 3.91. The Labute approximate surface area is 225 Å². The third-order valence-electron chi connectivity index (χ3n) is 5.94. The molecule has 0 radical (unpaired) electrons. The van der Waals surface area contributed by atoms with Crippen molar-refractivity contribution in [3.63, 3.8) is 0 Å². The fraction of sp³-hybridized carbons (Fsp3) is 0.0968. The van der Waals surface area contributed by atoms with Gasteiger partial charge in [-0.1, -0.05) is 36.4 Å². The van der Waals surface area contributed by atoms with Crippen LogP contribution >= 0.6 is 0 Å². The van der Waals surface area contributed by atoms with Crippen LogP contribution in [0.3, 0.4) is 0 Å². The van der Waals surface area contributed by atoms with Gasteiger partial charge in [0.15, 0.2) is 5.76 Å². The van der Waals surface area contributed by atoms with Gasteiger partial charge in [-0.05, 0) is 72.3 Å². The fourth-order valence-corrected chi connectivity index (χ4v) is 3.91. The highest BCUT2D eigenvalue weighted by atomic mass is 16.5. The van der Waals surface area contributed by atoms with Gasteiger partial charge in [-0.2, -0.15) is 0 Å². The summed E-state index contributed by atoms with van der Waals surface area (Å²) < 4.78 is 17.2. The van der Waals surface area contributed by atoms with Crippen LogP contribution in [0.4, 0.5) is 11.4 Å². The van der Waals surface area contributed by atoms with Crippen molar-refractivity contribution in [2.75, 3.05) is 24.2 Å². The molecule has 8 heteroatoms. The number of para-hydroxylation sites is 3. The van der Waals surface area contributed by atoms with E-state index >= 15 is 0 Å². The monoisotopic (exact) mass is 521 g/mol. The van der Waals surface area contributed by atoms with Crippen LogP contribution in [-0.4, -0.2) is 25.0 Å². The van der Waals surface area contributed by atoms with E-state index in [0.29, 0.717) is 34.9 Å². The predicted molar refractivity (Wildman–Crippen MR) is 150 cm³/mol. The maximum absolute atomic E-state index is 12.6. The number of carbonyl (C=O) groups is 2. The van der Waals surface area contributed by atoms with E-state index in [4.69, 9.17) is 19.6 Å². The summed E-state index contributed by atoms with van der Waals surface area (Å²) in [6.45, 7) is 0.942. The Hall–Kier alpha value is -5.24. The molecular formula is C31H27N3O5. The summed E-state index contributed by atoms with van der Waals surface area (Å²) in [7, 11) is 0. The van der Waals surface area contributed by atoms with Crippen molar-refractivity contribution >= 4 is 34.2 Å². The highest BCUT2D eigenvalue weighted by Gasteiger charge is 2.13. The molecule has 8 nitrogen and oxygen atoms in total. The average molecular weight is 522 g/mol. The zero-order chi connectivity index (χ0) is 27.0. The molecule has 5 aromatic rings. The minimum atomic E-state index is -0.330. The number of hydrogen-bond donors (Lipinski definition) is 3. The van der Waals surface area contributed by atoms with Gasteiger partial charge in [0.2, 0.25) is 0 Å². The van der Waals surface area contributed by atoms with Gasteiger partial charge >= 0.3 is 0 Å². The zero-order valence-electron chi connectivity index (χ0n) is 21.1. The van der Waals surface area contributed by atoms with Crippen LogP contribution in [0.5, 0.6) is 11.5 Å². The van der Waals surface area contributed by atoms with E-state index in [-0.39, 0.29) is 30.7 Å². The topological polar surface area (TPSA) is 116 Å². The molecule has 0 aliphatic heterocycles. The van der Waals surface area contributed by atoms with Gasteiger partial charge in [0.25, 0.3) is 11.8 Å². The minimum Gasteiger partial charge on any atom is -0.492 e. The lowest BCUT2D eigenvalue weighted by atomic mass is 10.1. The van der Waals surface area contributed by atoms with E-state index in [1.54, 1.807) is 54.6 Å². The molecule has 0 aliphatic carbocycles. The summed E-state index contributed by atoms with van der Waals surface area (Å²) in [4.78, 5) is 25.0. The molecule has 0 bridgehead atoms. The number of furan rings is 1. The molecule has 0 spiro atoms. The van der Waals surface area contributed by atoms with Gasteiger partial charge in [-0.3, -0.25) is 9.59 Å². The van der Waals surface area contributed by atoms with Crippen molar-refractivity contribution in [2.24, 2.45) is 0 Å². The van der Waals surface area contributed by atoms with Crippen molar-refractivity contribution < 1.29 is 23.5 Å². The molecule has 4 aromatic carbocycles.